The van der Waals surface area contributed by atoms with Crippen LogP contribution >= 0.6 is 0 Å². The lowest BCUT2D eigenvalue weighted by Crippen LogP contribution is -2.12. The third-order valence-corrected chi connectivity index (χ3v) is 3.86. The predicted octanol–water partition coefficient (Wildman–Crippen LogP) is 4.87. The van der Waals surface area contributed by atoms with E-state index < -0.39 is 0 Å². The molecule has 3 rings (SSSR count). The highest BCUT2D eigenvalue weighted by molar-refractivity contribution is 6.04. The van der Waals surface area contributed by atoms with Crippen molar-refractivity contribution in [2.24, 2.45) is 0 Å². The Kier molecular flexibility index (Phi) is 6.11. The first-order valence-electron chi connectivity index (χ1n) is 8.98. The van der Waals surface area contributed by atoms with Crippen molar-refractivity contribution in [2.45, 2.75) is 20.0 Å². The highest BCUT2D eigenvalue weighted by Crippen LogP contribution is 2.28. The average molecular weight is 377 g/mol. The number of nitrogens with one attached hydrogen (secondary N) is 2. The molecule has 0 bridgehead atoms. The van der Waals surface area contributed by atoms with Crippen LogP contribution in [-0.4, -0.2) is 24.1 Å². The molecule has 6 heteroatoms. The number of anilines is 3. The normalized spacial score (nSPS) is 10.4. The number of pyridine rings is 1. The molecule has 2 N–H and O–H groups in total. The van der Waals surface area contributed by atoms with Gasteiger partial charge >= 0.3 is 0 Å². The van der Waals surface area contributed by atoms with E-state index in [4.69, 9.17) is 9.47 Å². The summed E-state index contributed by atoms with van der Waals surface area (Å²) in [5, 5.41) is 6.12. The van der Waals surface area contributed by atoms with Gasteiger partial charge in [-0.15, -0.1) is 0 Å². The second-order valence-corrected chi connectivity index (χ2v) is 6.44. The van der Waals surface area contributed by atoms with Crippen molar-refractivity contribution in [2.75, 3.05) is 17.7 Å². The third kappa shape index (κ3) is 5.01. The summed E-state index contributed by atoms with van der Waals surface area (Å²) in [7, 11) is 1.58. The lowest BCUT2D eigenvalue weighted by Gasteiger charge is -2.15. The minimum atomic E-state index is -0.254. The van der Waals surface area contributed by atoms with Crippen LogP contribution in [0.5, 0.6) is 11.5 Å². The number of nitrogens with zero attached hydrogens (tertiary/aromatic N) is 1. The maximum absolute atomic E-state index is 12.6. The van der Waals surface area contributed by atoms with Gasteiger partial charge in [-0.3, -0.25) is 9.78 Å². The van der Waals surface area contributed by atoms with Gasteiger partial charge in [-0.2, -0.15) is 0 Å². The quantitative estimate of drug-likeness (QED) is 0.614. The van der Waals surface area contributed by atoms with Crippen molar-refractivity contribution >= 4 is 23.0 Å². The zero-order chi connectivity index (χ0) is 19.9. The molecule has 0 aliphatic carbocycles. The van der Waals surface area contributed by atoms with Crippen LogP contribution in [0.1, 0.15) is 24.2 Å². The Morgan fingerprint density at radius 2 is 1.82 bits per heavy atom. The van der Waals surface area contributed by atoms with Crippen LogP contribution in [0, 0.1) is 0 Å². The number of amides is 1. The Morgan fingerprint density at radius 1 is 1.00 bits per heavy atom. The molecule has 0 saturated carbocycles. The highest BCUT2D eigenvalue weighted by Gasteiger charge is 2.10. The highest BCUT2D eigenvalue weighted by atomic mass is 16.5. The molecule has 0 unspecified atom stereocenters. The molecule has 0 spiro atoms. The van der Waals surface area contributed by atoms with E-state index >= 15 is 0 Å². The molecule has 0 saturated heterocycles. The molecule has 3 aromatic rings. The zero-order valence-electron chi connectivity index (χ0n) is 16.1. The number of hydrogen-bond donors (Lipinski definition) is 2. The number of rotatable bonds is 7. The number of methoxy groups -OCH3 is 1. The van der Waals surface area contributed by atoms with E-state index in [2.05, 4.69) is 15.6 Å². The molecular formula is C22H23N3O3. The molecule has 6 nitrogen and oxygen atoms in total. The number of carbonyl (C=O) groups is 1. The van der Waals surface area contributed by atoms with Gasteiger partial charge in [0.2, 0.25) is 0 Å². The minimum absolute atomic E-state index is 0.0565. The van der Waals surface area contributed by atoms with Crippen LogP contribution in [0.25, 0.3) is 0 Å². The number of para-hydroxylation sites is 2. The smallest absolute Gasteiger partial charge is 0.257 e. The first kappa shape index (κ1) is 19.2. The molecule has 0 radical (unpaired) electrons. The van der Waals surface area contributed by atoms with Crippen LogP contribution < -0.4 is 20.1 Å². The summed E-state index contributed by atoms with van der Waals surface area (Å²) in [5.41, 5.74) is 2.59. The van der Waals surface area contributed by atoms with Crippen LogP contribution in [0.3, 0.4) is 0 Å². The van der Waals surface area contributed by atoms with Gasteiger partial charge in [0, 0.05) is 18.0 Å². The molecule has 1 aromatic heterocycles. The van der Waals surface area contributed by atoms with E-state index in [1.807, 2.05) is 50.2 Å². The SMILES string of the molecule is COc1cccc(NC(=O)c2cncc(Nc3ccccc3OC(C)C)c2)c1. The van der Waals surface area contributed by atoms with Gasteiger partial charge in [-0.1, -0.05) is 18.2 Å². The van der Waals surface area contributed by atoms with Crippen molar-refractivity contribution in [1.29, 1.82) is 0 Å². The Hall–Kier alpha value is -3.54. The summed E-state index contributed by atoms with van der Waals surface area (Å²) in [6.07, 6.45) is 3.24. The van der Waals surface area contributed by atoms with Gasteiger partial charge in [0.05, 0.1) is 36.3 Å². The molecule has 0 fully saturated rings. The molecular weight excluding hydrogens is 354 g/mol. The van der Waals surface area contributed by atoms with E-state index in [9.17, 15) is 4.79 Å². The minimum Gasteiger partial charge on any atom is -0.497 e. The molecule has 1 heterocycles. The van der Waals surface area contributed by atoms with Gasteiger partial charge in [-0.25, -0.2) is 0 Å². The zero-order valence-corrected chi connectivity index (χ0v) is 16.1. The first-order chi connectivity index (χ1) is 13.5. The average Bonchev–Trinajstić information content (AvgIpc) is 2.69. The van der Waals surface area contributed by atoms with Crippen LogP contribution in [0.2, 0.25) is 0 Å². The number of benzene rings is 2. The van der Waals surface area contributed by atoms with Crippen LogP contribution in [0.15, 0.2) is 67.0 Å². The summed E-state index contributed by atoms with van der Waals surface area (Å²) in [5.74, 6) is 1.16. The topological polar surface area (TPSA) is 72.5 Å². The fourth-order valence-electron chi connectivity index (χ4n) is 2.62. The fraction of sp³-hybridized carbons (Fsp3) is 0.182. The second-order valence-electron chi connectivity index (χ2n) is 6.44. The van der Waals surface area contributed by atoms with Gasteiger partial charge in [0.25, 0.3) is 5.91 Å². The summed E-state index contributed by atoms with van der Waals surface area (Å²) >= 11 is 0. The number of ether oxygens (including phenoxy) is 2. The van der Waals surface area contributed by atoms with Crippen molar-refractivity contribution < 1.29 is 14.3 Å². The van der Waals surface area contributed by atoms with Crippen molar-refractivity contribution in [3.05, 3.63) is 72.6 Å². The summed E-state index contributed by atoms with van der Waals surface area (Å²) in [6.45, 7) is 3.95. The lowest BCUT2D eigenvalue weighted by molar-refractivity contribution is 0.102. The predicted molar refractivity (Wildman–Crippen MR) is 111 cm³/mol. The van der Waals surface area contributed by atoms with Crippen molar-refractivity contribution in [1.82, 2.24) is 4.98 Å². The lowest BCUT2D eigenvalue weighted by atomic mass is 10.2. The van der Waals surface area contributed by atoms with Crippen molar-refractivity contribution in [3.63, 3.8) is 0 Å². The van der Waals surface area contributed by atoms with Gasteiger partial charge in [0.15, 0.2) is 0 Å². The van der Waals surface area contributed by atoms with Crippen molar-refractivity contribution in [3.8, 4) is 11.5 Å². The van der Waals surface area contributed by atoms with E-state index in [0.717, 1.165) is 11.4 Å². The molecule has 1 amide bonds. The van der Waals surface area contributed by atoms with E-state index in [1.165, 1.54) is 6.20 Å². The Balaban J connectivity index is 1.76. The number of aromatic nitrogens is 1. The molecule has 2 aromatic carbocycles. The Morgan fingerprint density at radius 3 is 2.61 bits per heavy atom. The molecule has 0 atom stereocenters. The summed E-state index contributed by atoms with van der Waals surface area (Å²) in [6, 6.07) is 16.6. The summed E-state index contributed by atoms with van der Waals surface area (Å²) in [4.78, 5) is 16.8. The molecule has 0 aliphatic rings. The molecule has 144 valence electrons. The largest absolute Gasteiger partial charge is 0.497 e. The second kappa shape index (κ2) is 8.90. The standard InChI is InChI=1S/C22H23N3O3/c1-15(2)28-21-10-5-4-9-20(21)24-18-11-16(13-23-14-18)22(26)25-17-7-6-8-19(12-17)27-3/h4-15,24H,1-3H3,(H,25,26). The maximum Gasteiger partial charge on any atom is 0.257 e. The van der Waals surface area contributed by atoms with Gasteiger partial charge in [0.1, 0.15) is 11.5 Å². The van der Waals surface area contributed by atoms with Crippen LogP contribution in [-0.2, 0) is 0 Å². The first-order valence-corrected chi connectivity index (χ1v) is 8.98. The fourth-order valence-corrected chi connectivity index (χ4v) is 2.62. The maximum atomic E-state index is 12.6. The van der Waals surface area contributed by atoms with E-state index in [1.54, 1.807) is 31.5 Å². The van der Waals surface area contributed by atoms with E-state index in [-0.39, 0.29) is 12.0 Å². The monoisotopic (exact) mass is 377 g/mol. The third-order valence-electron chi connectivity index (χ3n) is 3.86. The number of hydrogen-bond acceptors (Lipinski definition) is 5. The van der Waals surface area contributed by atoms with Gasteiger partial charge < -0.3 is 20.1 Å². The van der Waals surface area contributed by atoms with Gasteiger partial charge in [-0.05, 0) is 44.2 Å². The Labute approximate surface area is 164 Å². The Bertz CT molecular complexity index is 957. The molecule has 28 heavy (non-hydrogen) atoms. The van der Waals surface area contributed by atoms with E-state index in [0.29, 0.717) is 22.7 Å². The summed E-state index contributed by atoms with van der Waals surface area (Å²) < 4.78 is 11.0. The van der Waals surface area contributed by atoms with Crippen LogP contribution in [0.4, 0.5) is 17.1 Å². The number of carbonyl (C=O) groups excluding carboxylic acids is 1. The molecule has 0 aliphatic heterocycles.